The Bertz CT molecular complexity index is 324. The van der Waals surface area contributed by atoms with Crippen LogP contribution in [0.3, 0.4) is 0 Å². The molecule has 0 heterocycles. The molecule has 0 aromatic carbocycles. The normalized spacial score (nSPS) is 9.47. The molecule has 2 amide bonds. The zero-order chi connectivity index (χ0) is 14.0. The van der Waals surface area contributed by atoms with Gasteiger partial charge >= 0.3 is 56.4 Å². The van der Waals surface area contributed by atoms with Crippen molar-refractivity contribution in [1.82, 2.24) is 5.48 Å². The molecule has 102 valence electrons. The zero-order valence-corrected chi connectivity index (χ0v) is 8.71. The minimum atomic E-state index is -4.67. The van der Waals surface area contributed by atoms with Crippen molar-refractivity contribution in [2.45, 2.75) is 0 Å². The SMILES string of the molecule is NC(=O)NOO.O=S(=O)(O)O.O=S(=O)(O)O.[NaH]. The summed E-state index contributed by atoms with van der Waals surface area (Å²) in [4.78, 5) is 12.5. The monoisotopic (exact) mass is 312 g/mol. The Labute approximate surface area is 117 Å². The van der Waals surface area contributed by atoms with Crippen LogP contribution in [0, 0.1) is 0 Å². The van der Waals surface area contributed by atoms with Gasteiger partial charge in [-0.3, -0.25) is 18.2 Å². The Morgan fingerprint density at radius 1 is 1.00 bits per heavy atom. The third-order valence-electron chi connectivity index (χ3n) is 0.146. The van der Waals surface area contributed by atoms with Gasteiger partial charge in [-0.25, -0.2) is 10.1 Å². The van der Waals surface area contributed by atoms with Gasteiger partial charge in [0.25, 0.3) is 0 Å². The Hall–Kier alpha value is -0.0700. The second-order valence-corrected chi connectivity index (χ2v) is 3.24. The van der Waals surface area contributed by atoms with Gasteiger partial charge in [0.15, 0.2) is 0 Å². The van der Waals surface area contributed by atoms with Crippen molar-refractivity contribution in [3.05, 3.63) is 0 Å². The number of primary amides is 1. The summed E-state index contributed by atoms with van der Waals surface area (Å²) >= 11 is 0. The van der Waals surface area contributed by atoms with E-state index in [1.165, 1.54) is 5.48 Å². The van der Waals surface area contributed by atoms with Gasteiger partial charge in [0.05, 0.1) is 0 Å². The molecule has 0 aliphatic heterocycles. The molecular weight excluding hydrogens is 303 g/mol. The molecule has 0 saturated carbocycles. The number of carbonyl (C=O) groups is 1. The van der Waals surface area contributed by atoms with E-state index in [-0.39, 0.29) is 29.6 Å². The number of hydrogen-bond acceptors (Lipinski definition) is 7. The average Bonchev–Trinajstić information content (AvgIpc) is 1.76. The van der Waals surface area contributed by atoms with Crippen LogP contribution in [0.4, 0.5) is 4.79 Å². The Morgan fingerprint density at radius 2 is 1.18 bits per heavy atom. The topological polar surface area (TPSA) is 234 Å². The van der Waals surface area contributed by atoms with Gasteiger partial charge in [-0.1, -0.05) is 0 Å². The summed E-state index contributed by atoms with van der Waals surface area (Å²) in [6.07, 6.45) is 0. The van der Waals surface area contributed by atoms with E-state index in [0.29, 0.717) is 0 Å². The first-order valence-corrected chi connectivity index (χ1v) is 5.32. The van der Waals surface area contributed by atoms with Crippen molar-refractivity contribution in [3.63, 3.8) is 0 Å². The van der Waals surface area contributed by atoms with Crippen molar-refractivity contribution in [2.24, 2.45) is 5.73 Å². The van der Waals surface area contributed by atoms with Gasteiger partial charge in [0.1, 0.15) is 0 Å². The van der Waals surface area contributed by atoms with Crippen molar-refractivity contribution in [3.8, 4) is 0 Å². The van der Waals surface area contributed by atoms with Crippen molar-refractivity contribution in [2.75, 3.05) is 0 Å². The Morgan fingerprint density at radius 3 is 1.18 bits per heavy atom. The van der Waals surface area contributed by atoms with Crippen LogP contribution in [0.5, 0.6) is 0 Å². The summed E-state index contributed by atoms with van der Waals surface area (Å²) < 4.78 is 63.2. The van der Waals surface area contributed by atoms with Crippen LogP contribution in [0.2, 0.25) is 0 Å². The van der Waals surface area contributed by atoms with E-state index in [2.05, 4.69) is 10.7 Å². The maximum atomic E-state index is 9.43. The van der Waals surface area contributed by atoms with Crippen LogP contribution in [-0.4, -0.2) is 75.9 Å². The first kappa shape index (κ1) is 25.7. The van der Waals surface area contributed by atoms with Crippen molar-refractivity contribution >= 4 is 56.4 Å². The number of rotatable bonds is 1. The first-order valence-electron chi connectivity index (χ1n) is 2.53. The first-order chi connectivity index (χ1) is 6.77. The molecule has 0 aromatic rings. The fourth-order valence-corrected chi connectivity index (χ4v) is 0.0450. The number of carbonyl (C=O) groups excluding carboxylic acids is 1. The molecule has 13 nitrogen and oxygen atoms in total. The molecule has 8 N–H and O–H groups in total. The number of hydrogen-bond donors (Lipinski definition) is 7. The van der Waals surface area contributed by atoms with Crippen LogP contribution >= 0.6 is 0 Å². The molecule has 0 atom stereocenters. The summed E-state index contributed by atoms with van der Waals surface area (Å²) in [5, 5.41) is 7.32. The predicted molar refractivity (Wildman–Crippen MR) is 51.9 cm³/mol. The molecule has 0 radical (unpaired) electrons. The molecule has 0 rings (SSSR count). The second kappa shape index (κ2) is 12.4. The van der Waals surface area contributed by atoms with Crippen LogP contribution in [-0.2, 0) is 25.8 Å². The summed E-state index contributed by atoms with van der Waals surface area (Å²) in [5.41, 5.74) is 5.77. The van der Waals surface area contributed by atoms with E-state index in [9.17, 15) is 4.79 Å². The molecule has 0 fully saturated rings. The molecule has 0 unspecified atom stereocenters. The fourth-order valence-electron chi connectivity index (χ4n) is 0.0450. The second-order valence-electron chi connectivity index (χ2n) is 1.45. The van der Waals surface area contributed by atoms with E-state index in [1.54, 1.807) is 0 Å². The van der Waals surface area contributed by atoms with Crippen LogP contribution in [0.1, 0.15) is 0 Å². The van der Waals surface area contributed by atoms with Crippen molar-refractivity contribution < 1.29 is 50.1 Å². The molecule has 0 aliphatic rings. The number of nitrogens with two attached hydrogens (primary N) is 1. The van der Waals surface area contributed by atoms with E-state index < -0.39 is 26.8 Å². The van der Waals surface area contributed by atoms with Gasteiger partial charge in [-0.2, -0.15) is 22.3 Å². The number of urea groups is 1. The van der Waals surface area contributed by atoms with Gasteiger partial charge < -0.3 is 5.73 Å². The molecular formula is CH9N2NaO11S2. The third-order valence-corrected chi connectivity index (χ3v) is 0.146. The number of hydroxylamine groups is 1. The van der Waals surface area contributed by atoms with Crippen LogP contribution in [0.15, 0.2) is 0 Å². The van der Waals surface area contributed by atoms with Gasteiger partial charge in [-0.05, 0) is 0 Å². The van der Waals surface area contributed by atoms with E-state index in [1.807, 2.05) is 0 Å². The maximum absolute atomic E-state index is 9.43. The van der Waals surface area contributed by atoms with E-state index in [4.69, 9.17) is 40.3 Å². The standard InChI is InChI=1S/CH4N2O3.Na.2H2O4S.H/c2-1(4)3-6-5;;2*1-5(2,3)4;/h5H,(H3,2,3,4);;2*(H2,1,2,3,4);. The molecule has 0 aromatic heterocycles. The molecule has 16 heteroatoms. The van der Waals surface area contributed by atoms with Crippen LogP contribution < -0.4 is 11.2 Å². The van der Waals surface area contributed by atoms with Crippen molar-refractivity contribution in [1.29, 1.82) is 0 Å². The zero-order valence-electron chi connectivity index (χ0n) is 7.08. The molecule has 0 bridgehead atoms. The molecule has 17 heavy (non-hydrogen) atoms. The minimum absolute atomic E-state index is 0. The number of nitrogens with one attached hydrogen (secondary N) is 1. The van der Waals surface area contributed by atoms with E-state index >= 15 is 0 Å². The summed E-state index contributed by atoms with van der Waals surface area (Å²) in [6.45, 7) is 0. The predicted octanol–water partition coefficient (Wildman–Crippen LogP) is -2.89. The molecule has 0 spiro atoms. The van der Waals surface area contributed by atoms with E-state index in [0.717, 1.165) is 0 Å². The Balaban J connectivity index is -0.0000000729. The quantitative estimate of drug-likeness (QED) is 0.112. The molecule has 0 aliphatic carbocycles. The third kappa shape index (κ3) is 360. The van der Waals surface area contributed by atoms with Crippen LogP contribution in [0.25, 0.3) is 0 Å². The van der Waals surface area contributed by atoms with Gasteiger partial charge in [0, 0.05) is 0 Å². The fraction of sp³-hybridized carbons (Fsp3) is 0. The summed E-state index contributed by atoms with van der Waals surface area (Å²) in [6, 6.07) is -0.933. The summed E-state index contributed by atoms with van der Waals surface area (Å²) in [5.74, 6) is 0. The van der Waals surface area contributed by atoms with Gasteiger partial charge in [-0.15, -0.1) is 4.99 Å². The summed E-state index contributed by atoms with van der Waals surface area (Å²) in [7, 11) is -9.33. The molecule has 0 saturated heterocycles. The Kier molecular flexibility index (Phi) is 18.7. The average molecular weight is 312 g/mol. The van der Waals surface area contributed by atoms with Gasteiger partial charge in [0.2, 0.25) is 0 Å². The number of amides is 2.